The molecule has 110 valence electrons. The second-order valence-corrected chi connectivity index (χ2v) is 4.84. The van der Waals surface area contributed by atoms with Crippen molar-refractivity contribution in [3.8, 4) is 5.75 Å². The van der Waals surface area contributed by atoms with E-state index >= 15 is 0 Å². The lowest BCUT2D eigenvalue weighted by Crippen LogP contribution is -2.51. The number of amides is 1. The van der Waals surface area contributed by atoms with Crippen LogP contribution in [0.1, 0.15) is 5.56 Å². The first-order valence-electron chi connectivity index (χ1n) is 5.66. The molecule has 0 saturated carbocycles. The highest BCUT2D eigenvalue weighted by Gasteiger charge is 2.47. The summed E-state index contributed by atoms with van der Waals surface area (Å²) in [5.41, 5.74) is 0.214. The molecule has 2 rings (SSSR count). The van der Waals surface area contributed by atoms with Crippen LogP contribution in [0, 0.1) is 5.82 Å². The van der Waals surface area contributed by atoms with Gasteiger partial charge in [0.2, 0.25) is 5.91 Å². The van der Waals surface area contributed by atoms with Gasteiger partial charge in [-0.05, 0) is 18.2 Å². The summed E-state index contributed by atoms with van der Waals surface area (Å²) >= 11 is 2.85. The Kier molecular flexibility index (Phi) is 4.22. The van der Waals surface area contributed by atoms with Gasteiger partial charge in [-0.3, -0.25) is 4.79 Å². The molecule has 1 unspecified atom stereocenters. The Hall–Kier alpha value is -1.31. The summed E-state index contributed by atoms with van der Waals surface area (Å²) in [5, 5.41) is -0.246. The van der Waals surface area contributed by atoms with E-state index in [2.05, 4.69) is 15.9 Å². The van der Waals surface area contributed by atoms with Crippen LogP contribution in [0.3, 0.4) is 0 Å². The van der Waals surface area contributed by atoms with Crippen LogP contribution in [-0.4, -0.2) is 35.0 Å². The van der Waals surface area contributed by atoms with Crippen LogP contribution in [-0.2, 0) is 11.3 Å². The van der Waals surface area contributed by atoms with Crippen LogP contribution in [0.5, 0.6) is 5.75 Å². The standard InChI is InChI=1S/C12H10BrF4NO2/c13-4-11(19)18-5-7-3-8(14)1-2-9(7)20-6-10(18)12(15,16)17/h1-3,10H,4-6H2. The zero-order chi connectivity index (χ0) is 14.9. The van der Waals surface area contributed by atoms with Crippen molar-refractivity contribution in [3.63, 3.8) is 0 Å². The Bertz CT molecular complexity index is 521. The molecule has 0 fully saturated rings. The zero-order valence-electron chi connectivity index (χ0n) is 10.1. The highest BCUT2D eigenvalue weighted by Crippen LogP contribution is 2.32. The Morgan fingerprint density at radius 2 is 2.15 bits per heavy atom. The molecule has 0 spiro atoms. The van der Waals surface area contributed by atoms with E-state index in [9.17, 15) is 22.4 Å². The van der Waals surface area contributed by atoms with E-state index < -0.39 is 30.5 Å². The van der Waals surface area contributed by atoms with Crippen LogP contribution in [0.2, 0.25) is 0 Å². The first kappa shape index (κ1) is 15.1. The molecule has 20 heavy (non-hydrogen) atoms. The van der Waals surface area contributed by atoms with Crippen LogP contribution in [0.4, 0.5) is 17.6 Å². The minimum Gasteiger partial charge on any atom is -0.491 e. The molecule has 8 heteroatoms. The van der Waals surface area contributed by atoms with E-state index in [0.29, 0.717) is 4.90 Å². The number of ether oxygens (including phenoxy) is 1. The summed E-state index contributed by atoms with van der Waals surface area (Å²) in [6.45, 7) is -1.05. The lowest BCUT2D eigenvalue weighted by atomic mass is 10.1. The van der Waals surface area contributed by atoms with Crippen LogP contribution >= 0.6 is 15.9 Å². The van der Waals surface area contributed by atoms with Crippen LogP contribution < -0.4 is 4.74 Å². The molecule has 1 aromatic carbocycles. The number of halogens is 5. The molecule has 1 aliphatic rings. The van der Waals surface area contributed by atoms with E-state index in [1.807, 2.05) is 0 Å². The van der Waals surface area contributed by atoms with Crippen molar-refractivity contribution in [2.75, 3.05) is 11.9 Å². The Morgan fingerprint density at radius 3 is 2.75 bits per heavy atom. The molecular formula is C12H10BrF4NO2. The van der Waals surface area contributed by atoms with Gasteiger partial charge in [-0.1, -0.05) is 15.9 Å². The Morgan fingerprint density at radius 1 is 1.45 bits per heavy atom. The summed E-state index contributed by atoms with van der Waals surface area (Å²) < 4.78 is 57.3. The van der Waals surface area contributed by atoms with Gasteiger partial charge in [0.1, 0.15) is 18.2 Å². The average molecular weight is 356 g/mol. The lowest BCUT2D eigenvalue weighted by molar-refractivity contribution is -0.194. The molecular weight excluding hydrogens is 346 g/mol. The first-order chi connectivity index (χ1) is 9.32. The maximum Gasteiger partial charge on any atom is 0.412 e. The fourth-order valence-corrected chi connectivity index (χ4v) is 2.30. The fraction of sp³-hybridized carbons (Fsp3) is 0.417. The van der Waals surface area contributed by atoms with Crippen molar-refractivity contribution in [2.24, 2.45) is 0 Å². The summed E-state index contributed by atoms with van der Waals surface area (Å²) in [7, 11) is 0. The van der Waals surface area contributed by atoms with E-state index in [4.69, 9.17) is 4.74 Å². The highest BCUT2D eigenvalue weighted by atomic mass is 79.9. The number of carbonyl (C=O) groups excluding carboxylic acids is 1. The predicted molar refractivity (Wildman–Crippen MR) is 66.1 cm³/mol. The van der Waals surface area contributed by atoms with Gasteiger partial charge in [-0.15, -0.1) is 0 Å². The Balaban J connectivity index is 2.39. The van der Waals surface area contributed by atoms with Crippen LogP contribution in [0.15, 0.2) is 18.2 Å². The number of rotatable bonds is 1. The van der Waals surface area contributed by atoms with Crippen molar-refractivity contribution >= 4 is 21.8 Å². The molecule has 1 aliphatic heterocycles. The minimum absolute atomic E-state index is 0.158. The van der Waals surface area contributed by atoms with Gasteiger partial charge in [0.15, 0.2) is 6.04 Å². The average Bonchev–Trinajstić information content (AvgIpc) is 2.56. The maximum absolute atomic E-state index is 13.2. The third kappa shape index (κ3) is 3.05. The number of hydrogen-bond donors (Lipinski definition) is 0. The fourth-order valence-electron chi connectivity index (χ4n) is 1.97. The van der Waals surface area contributed by atoms with E-state index in [1.54, 1.807) is 0 Å². The Labute approximate surface area is 120 Å². The van der Waals surface area contributed by atoms with Crippen molar-refractivity contribution in [3.05, 3.63) is 29.6 Å². The number of fused-ring (bicyclic) bond motifs is 1. The third-order valence-corrected chi connectivity index (χ3v) is 3.43. The molecule has 1 atom stereocenters. The quantitative estimate of drug-likeness (QED) is 0.572. The van der Waals surface area contributed by atoms with Crippen molar-refractivity contribution in [2.45, 2.75) is 18.8 Å². The number of hydrogen-bond acceptors (Lipinski definition) is 2. The minimum atomic E-state index is -4.61. The van der Waals surface area contributed by atoms with E-state index in [0.717, 1.165) is 12.1 Å². The van der Waals surface area contributed by atoms with Gasteiger partial charge in [0, 0.05) is 5.56 Å². The van der Waals surface area contributed by atoms with Gasteiger partial charge in [-0.2, -0.15) is 13.2 Å². The van der Waals surface area contributed by atoms with E-state index in [1.165, 1.54) is 6.07 Å². The molecule has 1 heterocycles. The summed E-state index contributed by atoms with van der Waals surface area (Å²) in [4.78, 5) is 12.4. The molecule has 0 bridgehead atoms. The number of alkyl halides is 4. The van der Waals surface area contributed by atoms with Crippen molar-refractivity contribution < 1.29 is 27.1 Å². The van der Waals surface area contributed by atoms with Gasteiger partial charge < -0.3 is 9.64 Å². The zero-order valence-corrected chi connectivity index (χ0v) is 11.7. The summed E-state index contributed by atoms with van der Waals surface area (Å²) in [6.07, 6.45) is -4.61. The van der Waals surface area contributed by atoms with E-state index in [-0.39, 0.29) is 23.2 Å². The van der Waals surface area contributed by atoms with Gasteiger partial charge in [-0.25, -0.2) is 4.39 Å². The molecule has 0 radical (unpaired) electrons. The van der Waals surface area contributed by atoms with Gasteiger partial charge >= 0.3 is 6.18 Å². The number of nitrogens with zero attached hydrogens (tertiary/aromatic N) is 1. The maximum atomic E-state index is 13.2. The smallest absolute Gasteiger partial charge is 0.412 e. The molecule has 3 nitrogen and oxygen atoms in total. The monoisotopic (exact) mass is 355 g/mol. The van der Waals surface area contributed by atoms with Crippen molar-refractivity contribution in [1.29, 1.82) is 0 Å². The van der Waals surface area contributed by atoms with Crippen LogP contribution in [0.25, 0.3) is 0 Å². The SMILES string of the molecule is O=C(CBr)N1Cc2cc(F)ccc2OCC1C(F)(F)F. The predicted octanol–water partition coefficient (Wildman–Crippen LogP) is 2.87. The summed E-state index contributed by atoms with van der Waals surface area (Å²) in [5.74, 6) is -1.16. The molecule has 1 amide bonds. The van der Waals surface area contributed by atoms with Crippen molar-refractivity contribution in [1.82, 2.24) is 4.90 Å². The molecule has 1 aromatic rings. The third-order valence-electron chi connectivity index (χ3n) is 2.95. The molecule has 0 N–H and O–H groups in total. The second-order valence-electron chi connectivity index (χ2n) is 4.28. The molecule has 0 saturated heterocycles. The molecule has 0 aliphatic carbocycles. The van der Waals surface area contributed by atoms with Gasteiger partial charge in [0.05, 0.1) is 11.9 Å². The molecule has 0 aromatic heterocycles. The number of carbonyl (C=O) groups is 1. The first-order valence-corrected chi connectivity index (χ1v) is 6.78. The summed E-state index contributed by atoms with van der Waals surface area (Å²) in [6, 6.07) is 1.38. The largest absolute Gasteiger partial charge is 0.491 e. The topological polar surface area (TPSA) is 29.5 Å². The van der Waals surface area contributed by atoms with Gasteiger partial charge in [0.25, 0.3) is 0 Å². The lowest BCUT2D eigenvalue weighted by Gasteiger charge is -2.30. The normalized spacial score (nSPS) is 19.1. The highest BCUT2D eigenvalue weighted by molar-refractivity contribution is 9.09. The number of benzene rings is 1. The second kappa shape index (κ2) is 5.59.